The molecule has 1 aliphatic rings. The van der Waals surface area contributed by atoms with E-state index in [0.717, 1.165) is 12.8 Å². The average Bonchev–Trinajstić information content (AvgIpc) is 2.06. The number of nitrogens with zero attached hydrogens (tertiary/aromatic N) is 1. The van der Waals surface area contributed by atoms with Crippen molar-refractivity contribution in [2.45, 2.75) is 25.0 Å². The van der Waals surface area contributed by atoms with E-state index in [1.165, 1.54) is 0 Å². The second-order valence-electron chi connectivity index (χ2n) is 3.28. The topological polar surface area (TPSA) is 48.1 Å². The van der Waals surface area contributed by atoms with E-state index in [1.54, 1.807) is 18.5 Å². The van der Waals surface area contributed by atoms with Gasteiger partial charge in [0.2, 0.25) is 0 Å². The molecule has 0 aliphatic heterocycles. The summed E-state index contributed by atoms with van der Waals surface area (Å²) in [4.78, 5) is 3.87. The second-order valence-corrected chi connectivity index (χ2v) is 3.68. The molecule has 1 fully saturated rings. The summed E-state index contributed by atoms with van der Waals surface area (Å²) in [6.07, 6.45) is 5.31. The Kier molecular flexibility index (Phi) is 2.38. The predicted molar refractivity (Wildman–Crippen MR) is 50.9 cm³/mol. The van der Waals surface area contributed by atoms with Gasteiger partial charge in [0, 0.05) is 24.5 Å². The Morgan fingerprint density at radius 3 is 2.92 bits per heavy atom. The minimum Gasteiger partial charge on any atom is -0.489 e. The molecule has 0 atom stereocenters. The Morgan fingerprint density at radius 1 is 1.54 bits per heavy atom. The van der Waals surface area contributed by atoms with Crippen molar-refractivity contribution < 1.29 is 4.74 Å². The van der Waals surface area contributed by atoms with Crippen molar-refractivity contribution in [2.24, 2.45) is 5.73 Å². The van der Waals surface area contributed by atoms with Crippen molar-refractivity contribution in [1.82, 2.24) is 4.98 Å². The van der Waals surface area contributed by atoms with Crippen LogP contribution in [0.15, 0.2) is 18.5 Å². The highest BCUT2D eigenvalue weighted by atomic mass is 35.5. The van der Waals surface area contributed by atoms with Gasteiger partial charge < -0.3 is 10.5 Å². The number of hydrogen-bond acceptors (Lipinski definition) is 3. The lowest BCUT2D eigenvalue weighted by Crippen LogP contribution is -2.43. The van der Waals surface area contributed by atoms with Crippen molar-refractivity contribution in [2.75, 3.05) is 0 Å². The molecule has 70 valence electrons. The molecule has 1 aromatic rings. The van der Waals surface area contributed by atoms with Gasteiger partial charge in [-0.1, -0.05) is 11.6 Å². The molecule has 0 spiro atoms. The highest BCUT2D eigenvalue weighted by Crippen LogP contribution is 2.28. The average molecular weight is 199 g/mol. The first-order chi connectivity index (χ1) is 6.25. The maximum absolute atomic E-state index is 5.87. The molecule has 0 amide bonds. The van der Waals surface area contributed by atoms with Crippen LogP contribution in [0.3, 0.4) is 0 Å². The number of pyridine rings is 1. The zero-order valence-electron chi connectivity index (χ0n) is 7.11. The highest BCUT2D eigenvalue weighted by molar-refractivity contribution is 6.31. The molecule has 2 N–H and O–H groups in total. The van der Waals surface area contributed by atoms with Crippen molar-refractivity contribution >= 4 is 11.6 Å². The zero-order chi connectivity index (χ0) is 9.26. The normalized spacial score (nSPS) is 26.6. The zero-order valence-corrected chi connectivity index (χ0v) is 7.87. The van der Waals surface area contributed by atoms with Crippen LogP contribution in [0.25, 0.3) is 0 Å². The van der Waals surface area contributed by atoms with Gasteiger partial charge >= 0.3 is 0 Å². The third-order valence-electron chi connectivity index (χ3n) is 2.16. The first-order valence-electron chi connectivity index (χ1n) is 4.27. The molecule has 1 aromatic heterocycles. The van der Waals surface area contributed by atoms with Crippen LogP contribution >= 0.6 is 11.6 Å². The smallest absolute Gasteiger partial charge is 0.141 e. The number of halogens is 1. The largest absolute Gasteiger partial charge is 0.489 e. The van der Waals surface area contributed by atoms with Crippen molar-refractivity contribution in [3.8, 4) is 5.75 Å². The summed E-state index contributed by atoms with van der Waals surface area (Å²) in [6, 6.07) is 2.07. The Morgan fingerprint density at radius 2 is 2.31 bits per heavy atom. The van der Waals surface area contributed by atoms with Gasteiger partial charge in [-0.2, -0.15) is 0 Å². The van der Waals surface area contributed by atoms with Crippen molar-refractivity contribution in [3.63, 3.8) is 0 Å². The molecule has 13 heavy (non-hydrogen) atoms. The summed E-state index contributed by atoms with van der Waals surface area (Å²) in [7, 11) is 0. The molecule has 0 radical (unpaired) electrons. The van der Waals surface area contributed by atoms with Crippen LogP contribution in [0.1, 0.15) is 12.8 Å². The number of ether oxygens (including phenoxy) is 1. The highest BCUT2D eigenvalue weighted by Gasteiger charge is 2.27. The number of nitrogens with two attached hydrogens (primary N) is 1. The minimum absolute atomic E-state index is 0.231. The monoisotopic (exact) mass is 198 g/mol. The van der Waals surface area contributed by atoms with E-state index in [9.17, 15) is 0 Å². The summed E-state index contributed by atoms with van der Waals surface area (Å²) in [6.45, 7) is 0. The Bertz CT molecular complexity index is 299. The van der Waals surface area contributed by atoms with E-state index in [1.807, 2.05) is 0 Å². The molecule has 0 bridgehead atoms. The molecule has 0 aromatic carbocycles. The summed E-state index contributed by atoms with van der Waals surface area (Å²) in [5.41, 5.74) is 5.64. The lowest BCUT2D eigenvalue weighted by Gasteiger charge is -2.32. The Balaban J connectivity index is 1.98. The standard InChI is InChI=1S/C9H11ClN2O/c10-8-5-12-2-1-9(8)13-7-3-6(11)4-7/h1-2,5-7H,3-4,11H2. The van der Waals surface area contributed by atoms with Crippen LogP contribution in [0, 0.1) is 0 Å². The third-order valence-corrected chi connectivity index (χ3v) is 2.44. The fourth-order valence-corrected chi connectivity index (χ4v) is 1.50. The molecular weight excluding hydrogens is 188 g/mol. The van der Waals surface area contributed by atoms with Crippen LogP contribution in [-0.4, -0.2) is 17.1 Å². The van der Waals surface area contributed by atoms with E-state index in [4.69, 9.17) is 22.1 Å². The summed E-state index contributed by atoms with van der Waals surface area (Å²) in [5.74, 6) is 0.702. The first-order valence-corrected chi connectivity index (χ1v) is 4.65. The number of rotatable bonds is 2. The first kappa shape index (κ1) is 8.78. The van der Waals surface area contributed by atoms with Gasteiger partial charge in [-0.3, -0.25) is 4.98 Å². The Labute approximate surface area is 81.9 Å². The van der Waals surface area contributed by atoms with E-state index in [2.05, 4.69) is 4.98 Å². The molecule has 1 saturated carbocycles. The third kappa shape index (κ3) is 1.92. The number of hydrogen-bond donors (Lipinski definition) is 1. The molecular formula is C9H11ClN2O. The van der Waals surface area contributed by atoms with Gasteiger partial charge in [0.25, 0.3) is 0 Å². The van der Waals surface area contributed by atoms with Crippen LogP contribution in [0.2, 0.25) is 5.02 Å². The molecule has 1 heterocycles. The van der Waals surface area contributed by atoms with Crippen molar-refractivity contribution in [1.29, 1.82) is 0 Å². The van der Waals surface area contributed by atoms with Gasteiger partial charge in [0.05, 0.1) is 0 Å². The van der Waals surface area contributed by atoms with Crippen molar-refractivity contribution in [3.05, 3.63) is 23.5 Å². The molecule has 0 unspecified atom stereocenters. The molecule has 0 saturated heterocycles. The SMILES string of the molecule is NC1CC(Oc2ccncc2Cl)C1. The van der Waals surface area contributed by atoms with Crippen LogP contribution in [-0.2, 0) is 0 Å². The van der Waals surface area contributed by atoms with Gasteiger partial charge in [-0.25, -0.2) is 0 Å². The lowest BCUT2D eigenvalue weighted by atomic mass is 9.90. The maximum atomic E-state index is 5.87. The maximum Gasteiger partial charge on any atom is 0.141 e. The van der Waals surface area contributed by atoms with E-state index in [0.29, 0.717) is 16.8 Å². The summed E-state index contributed by atoms with van der Waals surface area (Å²) in [5, 5.41) is 0.558. The molecule has 1 aliphatic carbocycles. The fraction of sp³-hybridized carbons (Fsp3) is 0.444. The molecule has 4 heteroatoms. The summed E-state index contributed by atoms with van der Waals surface area (Å²) >= 11 is 5.87. The van der Waals surface area contributed by atoms with Gasteiger partial charge in [-0.05, 0) is 12.8 Å². The van der Waals surface area contributed by atoms with Crippen LogP contribution in [0.4, 0.5) is 0 Å². The number of aromatic nitrogens is 1. The molecule has 3 nitrogen and oxygen atoms in total. The van der Waals surface area contributed by atoms with Crippen LogP contribution < -0.4 is 10.5 Å². The fourth-order valence-electron chi connectivity index (χ4n) is 1.34. The van der Waals surface area contributed by atoms with Crippen LogP contribution in [0.5, 0.6) is 5.75 Å². The van der Waals surface area contributed by atoms with E-state index < -0.39 is 0 Å². The van der Waals surface area contributed by atoms with Gasteiger partial charge in [0.1, 0.15) is 16.9 Å². The van der Waals surface area contributed by atoms with E-state index in [-0.39, 0.29) is 6.10 Å². The van der Waals surface area contributed by atoms with E-state index >= 15 is 0 Å². The molecule has 2 rings (SSSR count). The lowest BCUT2D eigenvalue weighted by molar-refractivity contribution is 0.101. The summed E-state index contributed by atoms with van der Waals surface area (Å²) < 4.78 is 5.60. The van der Waals surface area contributed by atoms with Gasteiger partial charge in [-0.15, -0.1) is 0 Å². The quantitative estimate of drug-likeness (QED) is 0.786. The minimum atomic E-state index is 0.231. The van der Waals surface area contributed by atoms with Gasteiger partial charge in [0.15, 0.2) is 0 Å². The Hall–Kier alpha value is -0.800. The predicted octanol–water partition coefficient (Wildman–Crippen LogP) is 1.60. The second kappa shape index (κ2) is 3.52.